The molecule has 0 bridgehead atoms. The van der Waals surface area contributed by atoms with Crippen LogP contribution in [0.4, 0.5) is 11.4 Å². The van der Waals surface area contributed by atoms with E-state index in [0.717, 1.165) is 50.4 Å². The van der Waals surface area contributed by atoms with E-state index in [0.29, 0.717) is 31.9 Å². The predicted molar refractivity (Wildman–Crippen MR) is 137 cm³/mol. The summed E-state index contributed by atoms with van der Waals surface area (Å²) in [6.45, 7) is 4.15. The first-order chi connectivity index (χ1) is 17.2. The number of nitrogens with one attached hydrogen (secondary N) is 1. The molecule has 3 aliphatic rings. The zero-order chi connectivity index (χ0) is 24.9. The lowest BCUT2D eigenvalue weighted by Gasteiger charge is -2.37. The van der Waals surface area contributed by atoms with Crippen molar-refractivity contribution in [2.24, 2.45) is 7.05 Å². The Morgan fingerprint density at radius 1 is 1.08 bits per heavy atom. The number of fused-ring (bicyclic) bond motifs is 10. The molecule has 5 heterocycles. The number of carbonyl (C=O) groups is 1. The quantitative estimate of drug-likeness (QED) is 0.450. The zero-order valence-electron chi connectivity index (χ0n) is 20.2. The van der Waals surface area contributed by atoms with Gasteiger partial charge in [0.2, 0.25) is 10.0 Å². The highest BCUT2D eigenvalue weighted by molar-refractivity contribution is 7.88. The second-order valence-corrected chi connectivity index (χ2v) is 11.7. The van der Waals surface area contributed by atoms with Crippen LogP contribution in [0.3, 0.4) is 0 Å². The molecule has 0 saturated carbocycles. The van der Waals surface area contributed by atoms with Gasteiger partial charge in [-0.15, -0.1) is 0 Å². The third kappa shape index (κ3) is 2.80. The maximum atomic E-state index is 13.6. The van der Waals surface area contributed by atoms with Gasteiger partial charge in [0, 0.05) is 55.7 Å². The Bertz CT molecular complexity index is 1700. The first kappa shape index (κ1) is 21.6. The minimum atomic E-state index is -3.20. The Hall–Kier alpha value is -3.70. The van der Waals surface area contributed by atoms with Crippen LogP contribution in [0.2, 0.25) is 0 Å². The van der Waals surface area contributed by atoms with Crippen LogP contribution in [0.15, 0.2) is 36.7 Å². The van der Waals surface area contributed by atoms with E-state index in [4.69, 9.17) is 0 Å². The number of aromatic nitrogens is 4. The number of nitrogens with zero attached hydrogens (tertiary/aromatic N) is 6. The number of H-pyrrole nitrogens is 1. The molecular formula is C25H25N7O3S. The molecule has 36 heavy (non-hydrogen) atoms. The summed E-state index contributed by atoms with van der Waals surface area (Å²) >= 11 is 0. The molecule has 0 radical (unpaired) electrons. The van der Waals surface area contributed by atoms with Crippen LogP contribution in [0, 0.1) is 6.92 Å². The summed E-state index contributed by atoms with van der Waals surface area (Å²) < 4.78 is 27.3. The number of aromatic amines is 1. The van der Waals surface area contributed by atoms with Crippen LogP contribution in [0.5, 0.6) is 0 Å². The van der Waals surface area contributed by atoms with Crippen LogP contribution in [0.1, 0.15) is 33.4 Å². The highest BCUT2D eigenvalue weighted by Crippen LogP contribution is 2.54. The first-order valence-electron chi connectivity index (χ1n) is 11.9. The fraction of sp³-hybridized carbons (Fsp3) is 0.320. The molecule has 1 amide bonds. The van der Waals surface area contributed by atoms with Crippen molar-refractivity contribution in [3.63, 3.8) is 0 Å². The van der Waals surface area contributed by atoms with E-state index in [1.165, 1.54) is 10.6 Å². The molecule has 4 aromatic rings. The molecule has 1 atom stereocenters. The number of sulfonamides is 1. The van der Waals surface area contributed by atoms with Crippen LogP contribution in [-0.4, -0.2) is 70.8 Å². The fourth-order valence-electron chi connectivity index (χ4n) is 5.95. The molecule has 184 valence electrons. The minimum absolute atomic E-state index is 0.0959. The van der Waals surface area contributed by atoms with E-state index >= 15 is 0 Å². The molecule has 10 nitrogen and oxygen atoms in total. The molecule has 2 aromatic heterocycles. The molecular weight excluding hydrogens is 478 g/mol. The van der Waals surface area contributed by atoms with Gasteiger partial charge in [-0.3, -0.25) is 14.4 Å². The number of carbonyl (C=O) groups excluding carboxylic acids is 1. The number of aryl methyl sites for hydroxylation is 1. The van der Waals surface area contributed by atoms with Crippen molar-refractivity contribution in [1.29, 1.82) is 0 Å². The second kappa shape index (κ2) is 7.17. The topological polar surface area (TPSA) is 107 Å². The number of hydrogen-bond donors (Lipinski definition) is 1. The Labute approximate surface area is 208 Å². The number of benzene rings is 2. The van der Waals surface area contributed by atoms with Gasteiger partial charge in [-0.2, -0.15) is 9.40 Å². The van der Waals surface area contributed by atoms with E-state index in [1.54, 1.807) is 11.0 Å². The molecule has 1 saturated heterocycles. The van der Waals surface area contributed by atoms with Crippen molar-refractivity contribution in [3.8, 4) is 11.1 Å². The lowest BCUT2D eigenvalue weighted by Crippen LogP contribution is -2.48. The Kier molecular flexibility index (Phi) is 4.30. The monoisotopic (exact) mass is 503 g/mol. The van der Waals surface area contributed by atoms with Gasteiger partial charge >= 0.3 is 0 Å². The van der Waals surface area contributed by atoms with Crippen molar-refractivity contribution < 1.29 is 13.2 Å². The van der Waals surface area contributed by atoms with Crippen molar-refractivity contribution in [1.82, 2.24) is 24.1 Å². The van der Waals surface area contributed by atoms with Crippen LogP contribution in [0.25, 0.3) is 22.2 Å². The maximum Gasteiger partial charge on any atom is 0.280 e. The maximum absolute atomic E-state index is 13.6. The molecule has 0 aliphatic carbocycles. The van der Waals surface area contributed by atoms with E-state index < -0.39 is 10.0 Å². The van der Waals surface area contributed by atoms with E-state index in [1.807, 2.05) is 31.0 Å². The summed E-state index contributed by atoms with van der Waals surface area (Å²) in [4.78, 5) is 25.5. The lowest BCUT2D eigenvalue weighted by atomic mass is 9.85. The van der Waals surface area contributed by atoms with E-state index in [2.05, 4.69) is 38.2 Å². The Morgan fingerprint density at radius 3 is 2.61 bits per heavy atom. The molecule has 7 rings (SSSR count). The third-order valence-electron chi connectivity index (χ3n) is 7.84. The average molecular weight is 504 g/mol. The number of anilines is 2. The van der Waals surface area contributed by atoms with Crippen molar-refractivity contribution >= 4 is 38.3 Å². The van der Waals surface area contributed by atoms with Crippen molar-refractivity contribution in [2.75, 3.05) is 42.2 Å². The Balaban J connectivity index is 1.41. The first-order valence-corrected chi connectivity index (χ1v) is 13.8. The smallest absolute Gasteiger partial charge is 0.280 e. The number of hydrogen-bond acceptors (Lipinski definition) is 6. The van der Waals surface area contributed by atoms with Gasteiger partial charge < -0.3 is 9.88 Å². The summed E-state index contributed by atoms with van der Waals surface area (Å²) in [7, 11) is -1.33. The molecule has 11 heteroatoms. The van der Waals surface area contributed by atoms with Crippen molar-refractivity contribution in [2.45, 2.75) is 13.0 Å². The normalized spacial score (nSPS) is 19.4. The van der Waals surface area contributed by atoms with Crippen LogP contribution < -0.4 is 9.80 Å². The van der Waals surface area contributed by atoms with Gasteiger partial charge in [0.25, 0.3) is 5.91 Å². The van der Waals surface area contributed by atoms with Gasteiger partial charge in [0.1, 0.15) is 0 Å². The zero-order valence-corrected chi connectivity index (χ0v) is 21.0. The predicted octanol–water partition coefficient (Wildman–Crippen LogP) is 2.42. The fourth-order valence-corrected chi connectivity index (χ4v) is 6.78. The lowest BCUT2D eigenvalue weighted by molar-refractivity contribution is 0.0987. The summed E-state index contributed by atoms with van der Waals surface area (Å²) in [6, 6.07) is 10.1. The van der Waals surface area contributed by atoms with E-state index in [-0.39, 0.29) is 11.9 Å². The molecule has 0 spiro atoms. The van der Waals surface area contributed by atoms with Gasteiger partial charge in [-0.05, 0) is 42.3 Å². The average Bonchev–Trinajstić information content (AvgIpc) is 3.53. The number of amides is 1. The van der Waals surface area contributed by atoms with Crippen LogP contribution in [-0.2, 0) is 17.1 Å². The van der Waals surface area contributed by atoms with Crippen molar-refractivity contribution in [3.05, 3.63) is 59.2 Å². The molecule has 1 N–H and O–H groups in total. The summed E-state index contributed by atoms with van der Waals surface area (Å²) in [6.07, 6.45) is 2.94. The summed E-state index contributed by atoms with van der Waals surface area (Å²) in [5.74, 6) is -0.0959. The highest BCUT2D eigenvalue weighted by Gasteiger charge is 2.47. The Morgan fingerprint density at radius 2 is 1.86 bits per heavy atom. The number of piperazine rings is 1. The number of rotatable bonds is 2. The SMILES string of the molecule is Cc1c2c(nn1C)C(=O)N1c3ccc4[nH]cnc4c3-c3cc(N4CCN(S(C)(=O)=O)CC4)ccc3C21. The molecule has 3 aliphatic heterocycles. The van der Waals surface area contributed by atoms with E-state index in [9.17, 15) is 13.2 Å². The minimum Gasteiger partial charge on any atom is -0.369 e. The number of imidazole rings is 1. The highest BCUT2D eigenvalue weighted by atomic mass is 32.2. The largest absolute Gasteiger partial charge is 0.369 e. The standard InChI is InChI=1S/C25H25N7O3S/c1-14-20-23(28-29(14)2)25(33)32-19-7-6-18-22(27-13-26-18)21(19)17-12-15(4-5-16(17)24(20)32)30-8-10-31(11-9-30)36(3,34)35/h4-7,12-13,24H,8-11H2,1-3H3,(H,26,27). The van der Waals surface area contributed by atoms with Gasteiger partial charge in [-0.25, -0.2) is 13.4 Å². The molecule has 1 unspecified atom stereocenters. The van der Waals surface area contributed by atoms with Crippen LogP contribution >= 0.6 is 0 Å². The third-order valence-corrected chi connectivity index (χ3v) is 9.14. The second-order valence-electron chi connectivity index (χ2n) is 9.73. The van der Waals surface area contributed by atoms with Gasteiger partial charge in [0.05, 0.1) is 35.3 Å². The van der Waals surface area contributed by atoms with Gasteiger partial charge in [-0.1, -0.05) is 6.07 Å². The summed E-state index contributed by atoms with van der Waals surface area (Å²) in [5, 5.41) is 4.55. The molecule has 1 fully saturated rings. The van der Waals surface area contributed by atoms with Gasteiger partial charge in [0.15, 0.2) is 5.69 Å². The summed E-state index contributed by atoms with van der Waals surface area (Å²) in [5.41, 5.74) is 9.02. The molecule has 2 aromatic carbocycles.